The molecule has 1 aromatic carbocycles. The lowest BCUT2D eigenvalue weighted by atomic mass is 9.71. The highest BCUT2D eigenvalue weighted by Crippen LogP contribution is 2.44. The second kappa shape index (κ2) is 7.34. The normalized spacial score (nSPS) is 26.1. The lowest BCUT2D eigenvalue weighted by Crippen LogP contribution is -2.29. The molecule has 3 rings (SSSR count). The summed E-state index contributed by atoms with van der Waals surface area (Å²) >= 11 is 0. The number of benzene rings is 1. The van der Waals surface area contributed by atoms with Gasteiger partial charge in [-0.15, -0.1) is 6.58 Å². The lowest BCUT2D eigenvalue weighted by molar-refractivity contribution is 0.261. The van der Waals surface area contributed by atoms with Crippen molar-refractivity contribution in [3.05, 3.63) is 65.4 Å². The summed E-state index contributed by atoms with van der Waals surface area (Å²) in [5.41, 5.74) is 8.52. The summed E-state index contributed by atoms with van der Waals surface area (Å²) in [4.78, 5) is 0. The van der Waals surface area contributed by atoms with Gasteiger partial charge in [-0.25, -0.2) is 0 Å². The molecule has 0 spiro atoms. The minimum absolute atomic E-state index is 0.309. The number of anilines is 1. The van der Waals surface area contributed by atoms with Crippen LogP contribution in [-0.4, -0.2) is 13.1 Å². The number of fused-ring (bicyclic) bond motifs is 1. The van der Waals surface area contributed by atoms with E-state index in [9.17, 15) is 0 Å². The van der Waals surface area contributed by atoms with Crippen molar-refractivity contribution >= 4 is 5.69 Å². The van der Waals surface area contributed by atoms with Crippen LogP contribution in [-0.2, 0) is 6.42 Å². The highest BCUT2D eigenvalue weighted by Gasteiger charge is 2.33. The fraction of sp³-hybridized carbons (Fsp3) is 0.500. The molecule has 0 aromatic heterocycles. The van der Waals surface area contributed by atoms with Gasteiger partial charge in [-0.3, -0.25) is 0 Å². The third-order valence-corrected chi connectivity index (χ3v) is 6.68. The van der Waals surface area contributed by atoms with E-state index in [2.05, 4.69) is 69.8 Å². The average molecular weight is 351 g/mol. The molecule has 0 radical (unpaired) electrons. The molecule has 0 bridgehead atoms. The molecule has 3 atom stereocenters. The van der Waals surface area contributed by atoms with Crippen molar-refractivity contribution in [3.63, 3.8) is 0 Å². The summed E-state index contributed by atoms with van der Waals surface area (Å²) in [6.45, 7) is 15.3. The molecule has 2 aliphatic rings. The van der Waals surface area contributed by atoms with Gasteiger partial charge in [-0.1, -0.05) is 52.0 Å². The smallest absolute Gasteiger partial charge is 0.0552 e. The molecule has 0 amide bonds. The predicted octanol–water partition coefficient (Wildman–Crippen LogP) is 5.94. The van der Waals surface area contributed by atoms with E-state index in [1.54, 1.807) is 0 Å². The fourth-order valence-corrected chi connectivity index (χ4v) is 4.30. The predicted molar refractivity (Wildman–Crippen MR) is 114 cm³/mol. The molecule has 0 saturated heterocycles. The van der Waals surface area contributed by atoms with Crippen LogP contribution in [0.4, 0.5) is 5.69 Å². The molecule has 26 heavy (non-hydrogen) atoms. The van der Waals surface area contributed by atoms with Gasteiger partial charge in [0, 0.05) is 18.4 Å². The highest BCUT2D eigenvalue weighted by molar-refractivity contribution is 5.62. The summed E-state index contributed by atoms with van der Waals surface area (Å²) < 4.78 is 0. The van der Waals surface area contributed by atoms with Gasteiger partial charge in [-0.05, 0) is 65.4 Å². The van der Waals surface area contributed by atoms with Crippen LogP contribution in [0.5, 0.6) is 0 Å². The molecule has 1 aliphatic carbocycles. The Labute approximate surface area is 159 Å². The summed E-state index contributed by atoms with van der Waals surface area (Å²) in [6, 6.07) is 7.11. The Hall–Kier alpha value is -1.96. The first-order valence-corrected chi connectivity index (χ1v) is 10.0. The maximum atomic E-state index is 4.51. The summed E-state index contributed by atoms with van der Waals surface area (Å²) in [7, 11) is 2.06. The van der Waals surface area contributed by atoms with E-state index in [0.717, 1.165) is 19.3 Å². The summed E-state index contributed by atoms with van der Waals surface area (Å²) in [6.07, 6.45) is 7.78. The number of allylic oxidation sites excluding steroid dienone is 2. The van der Waals surface area contributed by atoms with Crippen LogP contribution in [0.25, 0.3) is 0 Å². The molecule has 140 valence electrons. The zero-order valence-electron chi connectivity index (χ0n) is 16.9. The first-order valence-electron chi connectivity index (χ1n) is 10.0. The van der Waals surface area contributed by atoms with E-state index in [-0.39, 0.29) is 0 Å². The van der Waals surface area contributed by atoms with Crippen LogP contribution in [0.2, 0.25) is 0 Å². The Bertz CT molecular complexity index is 743. The second-order valence-electron chi connectivity index (χ2n) is 8.42. The maximum Gasteiger partial charge on any atom is 0.0552 e. The maximum absolute atomic E-state index is 4.51. The van der Waals surface area contributed by atoms with E-state index in [1.165, 1.54) is 46.5 Å². The van der Waals surface area contributed by atoms with E-state index in [0.29, 0.717) is 17.4 Å². The molecule has 1 aliphatic heterocycles. The first kappa shape index (κ1) is 18.8. The molecule has 1 heterocycles. The van der Waals surface area contributed by atoms with Gasteiger partial charge in [0.1, 0.15) is 0 Å². The lowest BCUT2D eigenvalue weighted by Gasteiger charge is -2.37. The van der Waals surface area contributed by atoms with Crippen LogP contribution in [0.3, 0.4) is 0 Å². The topological polar surface area (TPSA) is 24.1 Å². The van der Waals surface area contributed by atoms with E-state index >= 15 is 0 Å². The van der Waals surface area contributed by atoms with E-state index in [1.807, 2.05) is 6.08 Å². The van der Waals surface area contributed by atoms with Gasteiger partial charge in [0.2, 0.25) is 0 Å². The third kappa shape index (κ3) is 3.47. The molecule has 1 aromatic rings. The SMILES string of the molecule is C=CC(C)c1ccc2c(c1)NC(C(=C)C1=C(NC)CC(C)(CC)CC1)C2. The zero-order chi connectivity index (χ0) is 18.9. The summed E-state index contributed by atoms with van der Waals surface area (Å²) in [5, 5.41) is 7.22. The monoisotopic (exact) mass is 350 g/mol. The standard InChI is InChI=1S/C24H34N2/c1-7-16(3)18-9-10-19-14-21(26-22(19)13-18)17(4)20-11-12-24(5,8-2)15-23(20)25-6/h7,9-10,13,16,21,25-26H,1,4,8,11-12,14-15H2,2-3,5-6H3. The van der Waals surface area contributed by atoms with Crippen LogP contribution in [0.15, 0.2) is 54.3 Å². The van der Waals surface area contributed by atoms with Crippen molar-refractivity contribution in [3.8, 4) is 0 Å². The molecule has 2 heteroatoms. The molecule has 2 nitrogen and oxygen atoms in total. The number of nitrogens with one attached hydrogen (secondary N) is 2. The van der Waals surface area contributed by atoms with Gasteiger partial charge in [0.15, 0.2) is 0 Å². The van der Waals surface area contributed by atoms with Crippen LogP contribution >= 0.6 is 0 Å². The minimum atomic E-state index is 0.309. The van der Waals surface area contributed by atoms with Crippen molar-refractivity contribution < 1.29 is 0 Å². The van der Waals surface area contributed by atoms with Crippen LogP contribution < -0.4 is 10.6 Å². The Morgan fingerprint density at radius 3 is 2.88 bits per heavy atom. The summed E-state index contributed by atoms with van der Waals surface area (Å²) in [5.74, 6) is 0.382. The Morgan fingerprint density at radius 2 is 2.23 bits per heavy atom. The van der Waals surface area contributed by atoms with Crippen LogP contribution in [0, 0.1) is 5.41 Å². The van der Waals surface area contributed by atoms with Crippen LogP contribution in [0.1, 0.15) is 63.5 Å². The number of hydrogen-bond acceptors (Lipinski definition) is 2. The molecule has 0 saturated carbocycles. The first-order chi connectivity index (χ1) is 12.4. The minimum Gasteiger partial charge on any atom is -0.391 e. The zero-order valence-corrected chi connectivity index (χ0v) is 16.9. The van der Waals surface area contributed by atoms with Gasteiger partial charge in [-0.2, -0.15) is 0 Å². The molecular formula is C24H34N2. The Balaban J connectivity index is 1.80. The van der Waals surface area contributed by atoms with E-state index in [4.69, 9.17) is 0 Å². The number of hydrogen-bond donors (Lipinski definition) is 2. The van der Waals surface area contributed by atoms with Gasteiger partial charge >= 0.3 is 0 Å². The fourth-order valence-electron chi connectivity index (χ4n) is 4.30. The average Bonchev–Trinajstić information content (AvgIpc) is 3.10. The quantitative estimate of drug-likeness (QED) is 0.620. The second-order valence-corrected chi connectivity index (χ2v) is 8.42. The van der Waals surface area contributed by atoms with Crippen molar-refractivity contribution in [2.24, 2.45) is 5.41 Å². The highest BCUT2D eigenvalue weighted by atomic mass is 15.0. The number of rotatable bonds is 6. The van der Waals surface area contributed by atoms with Gasteiger partial charge in [0.05, 0.1) is 6.04 Å². The van der Waals surface area contributed by atoms with Gasteiger partial charge < -0.3 is 10.6 Å². The van der Waals surface area contributed by atoms with Crippen molar-refractivity contribution in [2.75, 3.05) is 12.4 Å². The molecule has 0 fully saturated rings. The van der Waals surface area contributed by atoms with Gasteiger partial charge in [0.25, 0.3) is 0 Å². The Kier molecular flexibility index (Phi) is 5.32. The third-order valence-electron chi connectivity index (χ3n) is 6.68. The van der Waals surface area contributed by atoms with E-state index < -0.39 is 0 Å². The largest absolute Gasteiger partial charge is 0.391 e. The van der Waals surface area contributed by atoms with Crippen molar-refractivity contribution in [2.45, 2.75) is 64.8 Å². The van der Waals surface area contributed by atoms with Crippen molar-refractivity contribution in [1.82, 2.24) is 5.32 Å². The molecular weight excluding hydrogens is 316 g/mol. The van der Waals surface area contributed by atoms with Crippen molar-refractivity contribution in [1.29, 1.82) is 0 Å². The molecule has 3 unspecified atom stereocenters. The Morgan fingerprint density at radius 1 is 1.46 bits per heavy atom. The molecule has 2 N–H and O–H groups in total.